The SMILES string of the molecule is CC(C)[Si](C#Cc1cc2cc(Br)ccc2n1-c1cnccn1)(C(C)C)C(C)C. The van der Waals surface area contributed by atoms with Gasteiger partial charge >= 0.3 is 0 Å². The molecule has 5 heteroatoms. The van der Waals surface area contributed by atoms with Crippen molar-refractivity contribution in [3.63, 3.8) is 0 Å². The summed E-state index contributed by atoms with van der Waals surface area (Å²) in [6.07, 6.45) is 5.22. The fourth-order valence-corrected chi connectivity index (χ4v) is 10.1. The summed E-state index contributed by atoms with van der Waals surface area (Å²) in [4.78, 5) is 8.80. The fraction of sp³-hybridized carbons (Fsp3) is 0.391. The maximum atomic E-state index is 4.54. The summed E-state index contributed by atoms with van der Waals surface area (Å²) >= 11 is 3.58. The minimum Gasteiger partial charge on any atom is -0.285 e. The highest BCUT2D eigenvalue weighted by Gasteiger charge is 2.41. The van der Waals surface area contributed by atoms with Crippen LogP contribution in [-0.2, 0) is 0 Å². The third-order valence-electron chi connectivity index (χ3n) is 5.82. The number of aromatic nitrogens is 3. The summed E-state index contributed by atoms with van der Waals surface area (Å²) < 4.78 is 3.19. The van der Waals surface area contributed by atoms with Gasteiger partial charge in [0.1, 0.15) is 8.07 Å². The molecule has 0 aliphatic carbocycles. The second kappa shape index (κ2) is 8.22. The first-order chi connectivity index (χ1) is 13.3. The molecule has 0 atom stereocenters. The Bertz CT molecular complexity index is 1000. The Morgan fingerprint density at radius 3 is 2.21 bits per heavy atom. The van der Waals surface area contributed by atoms with E-state index in [-0.39, 0.29) is 0 Å². The van der Waals surface area contributed by atoms with E-state index in [1.165, 1.54) is 0 Å². The highest BCUT2D eigenvalue weighted by molar-refractivity contribution is 9.10. The van der Waals surface area contributed by atoms with Gasteiger partial charge in [0.05, 0.1) is 17.4 Å². The highest BCUT2D eigenvalue weighted by Crippen LogP contribution is 2.41. The molecule has 146 valence electrons. The van der Waals surface area contributed by atoms with Crippen LogP contribution in [-0.4, -0.2) is 22.6 Å². The Kier molecular flexibility index (Phi) is 6.11. The van der Waals surface area contributed by atoms with Crippen molar-refractivity contribution in [1.82, 2.24) is 14.5 Å². The van der Waals surface area contributed by atoms with E-state index in [2.05, 4.69) is 108 Å². The molecular weight excluding hydrogens is 426 g/mol. The van der Waals surface area contributed by atoms with E-state index in [4.69, 9.17) is 0 Å². The molecule has 0 saturated carbocycles. The lowest BCUT2D eigenvalue weighted by Crippen LogP contribution is -2.43. The largest absolute Gasteiger partial charge is 0.285 e. The third-order valence-corrected chi connectivity index (χ3v) is 12.6. The number of fused-ring (bicyclic) bond motifs is 1. The van der Waals surface area contributed by atoms with Gasteiger partial charge in [-0.15, -0.1) is 5.54 Å². The Morgan fingerprint density at radius 1 is 0.964 bits per heavy atom. The second-order valence-corrected chi connectivity index (χ2v) is 14.8. The average molecular weight is 454 g/mol. The van der Waals surface area contributed by atoms with Crippen molar-refractivity contribution in [3.05, 3.63) is 53.0 Å². The van der Waals surface area contributed by atoms with Crippen LogP contribution in [0.15, 0.2) is 47.3 Å². The molecule has 0 aliphatic rings. The number of nitrogens with zero attached hydrogens (tertiary/aromatic N) is 3. The lowest BCUT2D eigenvalue weighted by molar-refractivity contribution is 0.838. The maximum Gasteiger partial charge on any atom is 0.156 e. The smallest absolute Gasteiger partial charge is 0.156 e. The van der Waals surface area contributed by atoms with E-state index in [0.29, 0.717) is 16.6 Å². The normalized spacial score (nSPS) is 12.1. The van der Waals surface area contributed by atoms with E-state index < -0.39 is 8.07 Å². The summed E-state index contributed by atoms with van der Waals surface area (Å²) in [6.45, 7) is 14.1. The number of halogens is 1. The molecule has 3 rings (SSSR count). The van der Waals surface area contributed by atoms with Crippen molar-refractivity contribution in [2.45, 2.75) is 58.2 Å². The third kappa shape index (κ3) is 3.68. The number of hydrogen-bond donors (Lipinski definition) is 0. The van der Waals surface area contributed by atoms with Crippen LogP contribution in [0.4, 0.5) is 0 Å². The van der Waals surface area contributed by atoms with Crippen LogP contribution < -0.4 is 0 Å². The van der Waals surface area contributed by atoms with Crippen LogP contribution in [0, 0.1) is 11.5 Å². The zero-order valence-corrected chi connectivity index (χ0v) is 20.1. The summed E-state index contributed by atoms with van der Waals surface area (Å²) in [7, 11) is -1.81. The molecule has 0 spiro atoms. The van der Waals surface area contributed by atoms with Crippen LogP contribution in [0.25, 0.3) is 16.7 Å². The molecule has 0 N–H and O–H groups in total. The molecule has 1 aromatic carbocycles. The van der Waals surface area contributed by atoms with Crippen molar-refractivity contribution < 1.29 is 0 Å². The molecule has 3 aromatic rings. The topological polar surface area (TPSA) is 30.7 Å². The molecule has 0 bridgehead atoms. The number of rotatable bonds is 4. The quantitative estimate of drug-likeness (QED) is 0.322. The van der Waals surface area contributed by atoms with Gasteiger partial charge in [0.2, 0.25) is 0 Å². The minimum absolute atomic E-state index is 0.600. The van der Waals surface area contributed by atoms with Gasteiger partial charge < -0.3 is 0 Å². The summed E-state index contributed by atoms with van der Waals surface area (Å²) in [5.41, 5.74) is 7.72. The van der Waals surface area contributed by atoms with Crippen molar-refractivity contribution in [1.29, 1.82) is 0 Å². The van der Waals surface area contributed by atoms with Gasteiger partial charge in [0.15, 0.2) is 5.82 Å². The van der Waals surface area contributed by atoms with Gasteiger partial charge in [0, 0.05) is 22.3 Å². The molecule has 0 saturated heterocycles. The molecule has 3 nitrogen and oxygen atoms in total. The summed E-state index contributed by atoms with van der Waals surface area (Å²) in [5, 5.41) is 1.15. The molecule has 0 amide bonds. The first-order valence-corrected chi connectivity index (χ1v) is 12.9. The van der Waals surface area contributed by atoms with E-state index in [1.807, 2.05) is 0 Å². The Balaban J connectivity index is 2.26. The van der Waals surface area contributed by atoms with Gasteiger partial charge in [-0.05, 0) is 40.9 Å². The van der Waals surface area contributed by atoms with Crippen molar-refractivity contribution >= 4 is 34.9 Å². The number of benzene rings is 1. The lowest BCUT2D eigenvalue weighted by atomic mass is 10.2. The minimum atomic E-state index is -1.81. The van der Waals surface area contributed by atoms with E-state index in [1.54, 1.807) is 18.6 Å². The summed E-state index contributed by atoms with van der Waals surface area (Å²) in [5.74, 6) is 4.40. The Morgan fingerprint density at radius 2 is 1.64 bits per heavy atom. The van der Waals surface area contributed by atoms with Crippen molar-refractivity contribution in [3.8, 4) is 17.3 Å². The zero-order valence-electron chi connectivity index (χ0n) is 17.5. The zero-order chi connectivity index (χ0) is 20.5. The first-order valence-electron chi connectivity index (χ1n) is 9.88. The maximum absolute atomic E-state index is 4.54. The van der Waals surface area contributed by atoms with Gasteiger partial charge in [-0.1, -0.05) is 63.4 Å². The van der Waals surface area contributed by atoms with Crippen LogP contribution in [0.3, 0.4) is 0 Å². The molecule has 0 radical (unpaired) electrons. The van der Waals surface area contributed by atoms with Gasteiger partial charge in [-0.2, -0.15) is 0 Å². The summed E-state index contributed by atoms with van der Waals surface area (Å²) in [6, 6.07) is 8.46. The van der Waals surface area contributed by atoms with Crippen LogP contribution >= 0.6 is 15.9 Å². The predicted octanol–water partition coefficient (Wildman–Crippen LogP) is 6.75. The monoisotopic (exact) mass is 453 g/mol. The van der Waals surface area contributed by atoms with Crippen LogP contribution in [0.5, 0.6) is 0 Å². The average Bonchev–Trinajstić information content (AvgIpc) is 2.99. The molecule has 2 aromatic heterocycles. The Labute approximate surface area is 177 Å². The van der Waals surface area contributed by atoms with Crippen molar-refractivity contribution in [2.24, 2.45) is 0 Å². The molecule has 2 heterocycles. The predicted molar refractivity (Wildman–Crippen MR) is 124 cm³/mol. The molecule has 0 aliphatic heterocycles. The number of hydrogen-bond acceptors (Lipinski definition) is 2. The molecule has 0 unspecified atom stereocenters. The van der Waals surface area contributed by atoms with E-state index in [9.17, 15) is 0 Å². The van der Waals surface area contributed by atoms with Crippen LogP contribution in [0.1, 0.15) is 47.2 Å². The van der Waals surface area contributed by atoms with Crippen molar-refractivity contribution in [2.75, 3.05) is 0 Å². The first kappa shape index (κ1) is 20.8. The van der Waals surface area contributed by atoms with Gasteiger partial charge in [-0.25, -0.2) is 4.98 Å². The molecule has 0 fully saturated rings. The van der Waals surface area contributed by atoms with Crippen LogP contribution in [0.2, 0.25) is 16.6 Å². The second-order valence-electron chi connectivity index (χ2n) is 8.28. The lowest BCUT2D eigenvalue weighted by Gasteiger charge is -2.38. The Hall–Kier alpha value is -1.90. The highest BCUT2D eigenvalue weighted by atomic mass is 79.9. The van der Waals surface area contributed by atoms with Gasteiger partial charge in [-0.3, -0.25) is 9.55 Å². The molecular formula is C23H28BrN3Si. The fourth-order valence-electron chi connectivity index (χ4n) is 4.54. The molecule has 28 heavy (non-hydrogen) atoms. The standard InChI is InChI=1S/C23H28BrN3Si/c1-16(2)28(17(3)4,18(5)6)12-9-21-14-19-13-20(24)7-8-22(19)27(21)23-15-25-10-11-26-23/h7-8,10-11,13-18H,1-6H3. The van der Waals surface area contributed by atoms with E-state index in [0.717, 1.165) is 26.9 Å². The van der Waals surface area contributed by atoms with E-state index >= 15 is 0 Å². The van der Waals surface area contributed by atoms with Gasteiger partial charge in [0.25, 0.3) is 0 Å².